The third kappa shape index (κ3) is 3.10. The number of amides is 1. The number of para-hydroxylation sites is 1. The van der Waals surface area contributed by atoms with Gasteiger partial charge >= 0.3 is 0 Å². The van der Waals surface area contributed by atoms with Gasteiger partial charge in [-0.25, -0.2) is 4.39 Å². The van der Waals surface area contributed by atoms with Gasteiger partial charge in [-0.1, -0.05) is 30.3 Å². The van der Waals surface area contributed by atoms with Crippen LogP contribution in [0.3, 0.4) is 0 Å². The number of fused-ring (bicyclic) bond motifs is 2. The summed E-state index contributed by atoms with van der Waals surface area (Å²) < 4.78 is 24.5. The molecular weight excluding hydrogens is 413 g/mol. The number of halogens is 1. The predicted octanol–water partition coefficient (Wildman–Crippen LogP) is 4.39. The van der Waals surface area contributed by atoms with Gasteiger partial charge in [0.05, 0.1) is 24.1 Å². The van der Waals surface area contributed by atoms with Gasteiger partial charge in [0.15, 0.2) is 16.9 Å². The zero-order valence-electron chi connectivity index (χ0n) is 17.0. The summed E-state index contributed by atoms with van der Waals surface area (Å²) in [5.41, 5.74) is 1.53. The fourth-order valence-corrected chi connectivity index (χ4v) is 4.13. The van der Waals surface area contributed by atoms with E-state index in [2.05, 4.69) is 0 Å². The molecular formula is C25H18FNO5. The highest BCUT2D eigenvalue weighted by atomic mass is 19.1. The van der Waals surface area contributed by atoms with Crippen LogP contribution in [0, 0.1) is 5.82 Å². The van der Waals surface area contributed by atoms with Crippen molar-refractivity contribution in [1.29, 1.82) is 0 Å². The molecule has 0 unspecified atom stereocenters. The van der Waals surface area contributed by atoms with E-state index in [9.17, 15) is 19.1 Å². The maximum atomic E-state index is 13.4. The molecule has 5 rings (SSSR count). The summed E-state index contributed by atoms with van der Waals surface area (Å²) in [5.74, 6) is -0.684. The molecule has 32 heavy (non-hydrogen) atoms. The summed E-state index contributed by atoms with van der Waals surface area (Å²) in [5, 5.41) is 10.4. The topological polar surface area (TPSA) is 80.0 Å². The Morgan fingerprint density at radius 2 is 1.81 bits per heavy atom. The predicted molar refractivity (Wildman–Crippen MR) is 115 cm³/mol. The fraction of sp³-hybridized carbons (Fsp3) is 0.120. The molecule has 1 aliphatic rings. The number of aromatic hydroxyl groups is 1. The number of carbonyl (C=O) groups excluding carboxylic acids is 1. The molecule has 1 aromatic heterocycles. The van der Waals surface area contributed by atoms with E-state index in [4.69, 9.17) is 9.15 Å². The molecule has 1 N–H and O–H groups in total. The Hall–Kier alpha value is -4.13. The van der Waals surface area contributed by atoms with Crippen molar-refractivity contribution in [2.45, 2.75) is 12.6 Å². The van der Waals surface area contributed by atoms with Crippen LogP contribution in [0.25, 0.3) is 11.0 Å². The maximum Gasteiger partial charge on any atom is 0.291 e. The molecule has 0 radical (unpaired) electrons. The number of phenolic OH excluding ortho intramolecular Hbond substituents is 1. The van der Waals surface area contributed by atoms with Gasteiger partial charge in [0, 0.05) is 6.54 Å². The van der Waals surface area contributed by atoms with Crippen LogP contribution < -0.4 is 10.2 Å². The Kier molecular flexibility index (Phi) is 4.66. The van der Waals surface area contributed by atoms with E-state index >= 15 is 0 Å². The second-order valence-electron chi connectivity index (χ2n) is 7.56. The summed E-state index contributed by atoms with van der Waals surface area (Å²) >= 11 is 0. The van der Waals surface area contributed by atoms with Crippen LogP contribution in [-0.2, 0) is 6.54 Å². The molecule has 3 aromatic carbocycles. The van der Waals surface area contributed by atoms with E-state index in [-0.39, 0.29) is 40.6 Å². The number of hydrogen-bond acceptors (Lipinski definition) is 5. The van der Waals surface area contributed by atoms with E-state index < -0.39 is 11.9 Å². The molecule has 7 heteroatoms. The number of nitrogens with zero attached hydrogens (tertiary/aromatic N) is 1. The van der Waals surface area contributed by atoms with Crippen LogP contribution in [-0.4, -0.2) is 23.0 Å². The minimum Gasteiger partial charge on any atom is -0.504 e. The Morgan fingerprint density at radius 1 is 1.06 bits per heavy atom. The van der Waals surface area contributed by atoms with Crippen molar-refractivity contribution in [3.05, 3.63) is 105 Å². The zero-order valence-corrected chi connectivity index (χ0v) is 17.0. The summed E-state index contributed by atoms with van der Waals surface area (Å²) in [7, 11) is 1.42. The van der Waals surface area contributed by atoms with Crippen LogP contribution in [0.15, 0.2) is 75.9 Å². The zero-order chi connectivity index (χ0) is 22.4. The van der Waals surface area contributed by atoms with E-state index in [0.717, 1.165) is 0 Å². The van der Waals surface area contributed by atoms with Gasteiger partial charge in [-0.2, -0.15) is 0 Å². The van der Waals surface area contributed by atoms with E-state index in [1.54, 1.807) is 48.5 Å². The first-order valence-corrected chi connectivity index (χ1v) is 9.96. The smallest absolute Gasteiger partial charge is 0.291 e. The molecule has 6 nitrogen and oxygen atoms in total. The lowest BCUT2D eigenvalue weighted by Gasteiger charge is -2.25. The van der Waals surface area contributed by atoms with Crippen molar-refractivity contribution < 1.29 is 23.4 Å². The molecule has 0 saturated carbocycles. The Balaban J connectivity index is 1.72. The molecule has 0 bridgehead atoms. The van der Waals surface area contributed by atoms with Crippen molar-refractivity contribution in [3.8, 4) is 11.5 Å². The minimum absolute atomic E-state index is 0.0205. The standard InChI is InChI=1S/C25H18FNO5/c1-31-20-12-15(8-11-18(20)28)22-21-23(29)17-4-2-3-5-19(17)32-24(21)25(30)27(22)13-14-6-9-16(26)10-7-14/h2-12,22,28H,13H2,1H3/t22-/m1/s1. The molecule has 1 atom stereocenters. The number of rotatable bonds is 4. The maximum absolute atomic E-state index is 13.4. The molecule has 2 heterocycles. The number of carbonyl (C=O) groups is 1. The molecule has 0 aliphatic carbocycles. The molecule has 0 saturated heterocycles. The van der Waals surface area contributed by atoms with Crippen molar-refractivity contribution in [3.63, 3.8) is 0 Å². The van der Waals surface area contributed by atoms with Gasteiger partial charge in [-0.15, -0.1) is 0 Å². The lowest BCUT2D eigenvalue weighted by Crippen LogP contribution is -2.29. The Labute approximate surface area is 182 Å². The van der Waals surface area contributed by atoms with Gasteiger partial charge in [0.1, 0.15) is 11.4 Å². The average Bonchev–Trinajstić information content (AvgIpc) is 3.08. The van der Waals surface area contributed by atoms with E-state index in [1.165, 1.54) is 30.2 Å². The van der Waals surface area contributed by atoms with E-state index in [0.29, 0.717) is 22.1 Å². The molecule has 0 spiro atoms. The molecule has 1 aliphatic heterocycles. The molecule has 4 aromatic rings. The quantitative estimate of drug-likeness (QED) is 0.518. The lowest BCUT2D eigenvalue weighted by atomic mass is 9.98. The van der Waals surface area contributed by atoms with Gasteiger partial charge in [-0.05, 0) is 47.5 Å². The van der Waals surface area contributed by atoms with Crippen LogP contribution in [0.1, 0.15) is 33.3 Å². The highest BCUT2D eigenvalue weighted by Crippen LogP contribution is 2.41. The fourth-order valence-electron chi connectivity index (χ4n) is 4.13. The second-order valence-corrected chi connectivity index (χ2v) is 7.56. The van der Waals surface area contributed by atoms with Crippen molar-refractivity contribution in [1.82, 2.24) is 4.90 Å². The summed E-state index contributed by atoms with van der Waals surface area (Å²) in [4.78, 5) is 28.4. The summed E-state index contributed by atoms with van der Waals surface area (Å²) in [6, 6.07) is 16.5. The van der Waals surface area contributed by atoms with Crippen LogP contribution in [0.5, 0.6) is 11.5 Å². The monoisotopic (exact) mass is 431 g/mol. The number of phenols is 1. The number of ether oxygens (including phenoxy) is 1. The summed E-state index contributed by atoms with van der Waals surface area (Å²) in [6.45, 7) is 0.132. The lowest BCUT2D eigenvalue weighted by molar-refractivity contribution is 0.0714. The SMILES string of the molecule is COc1cc([C@@H]2c3c(oc4ccccc4c3=O)C(=O)N2Cc2ccc(F)cc2)ccc1O. The van der Waals surface area contributed by atoms with E-state index in [1.807, 2.05) is 0 Å². The first kappa shape index (κ1) is 19.8. The Bertz CT molecular complexity index is 1410. The largest absolute Gasteiger partial charge is 0.504 e. The molecule has 1 amide bonds. The highest BCUT2D eigenvalue weighted by molar-refractivity contribution is 5.99. The molecule has 160 valence electrons. The third-order valence-corrected chi connectivity index (χ3v) is 5.66. The third-order valence-electron chi connectivity index (χ3n) is 5.66. The van der Waals surface area contributed by atoms with Gasteiger partial charge in [0.2, 0.25) is 5.76 Å². The van der Waals surface area contributed by atoms with Crippen molar-refractivity contribution in [2.75, 3.05) is 7.11 Å². The first-order valence-electron chi connectivity index (χ1n) is 9.96. The second kappa shape index (κ2) is 7.53. The first-order chi connectivity index (χ1) is 15.5. The van der Waals surface area contributed by atoms with Crippen molar-refractivity contribution in [2.24, 2.45) is 0 Å². The number of benzene rings is 3. The number of hydrogen-bond donors (Lipinski definition) is 1. The molecule has 0 fully saturated rings. The van der Waals surface area contributed by atoms with Gasteiger partial charge < -0.3 is 19.2 Å². The van der Waals surface area contributed by atoms with Crippen LogP contribution in [0.4, 0.5) is 4.39 Å². The van der Waals surface area contributed by atoms with Gasteiger partial charge in [-0.3, -0.25) is 9.59 Å². The highest BCUT2D eigenvalue weighted by Gasteiger charge is 2.43. The summed E-state index contributed by atoms with van der Waals surface area (Å²) in [6.07, 6.45) is 0. The number of methoxy groups -OCH3 is 1. The van der Waals surface area contributed by atoms with Crippen molar-refractivity contribution >= 4 is 16.9 Å². The average molecular weight is 431 g/mol. The minimum atomic E-state index is -0.766. The van der Waals surface area contributed by atoms with Crippen LogP contribution in [0.2, 0.25) is 0 Å². The van der Waals surface area contributed by atoms with Gasteiger partial charge in [0.25, 0.3) is 5.91 Å². The Morgan fingerprint density at radius 3 is 2.56 bits per heavy atom. The normalized spacial score (nSPS) is 15.2. The van der Waals surface area contributed by atoms with Crippen LogP contribution >= 0.6 is 0 Å².